The number of rotatable bonds is 6. The second-order valence-electron chi connectivity index (χ2n) is 8.12. The van der Waals surface area contributed by atoms with Gasteiger partial charge >= 0.3 is 0 Å². The normalized spacial score (nSPS) is 16.2. The summed E-state index contributed by atoms with van der Waals surface area (Å²) in [5.41, 5.74) is 2.15. The molecule has 0 spiro atoms. The number of carbonyl (C=O) groups excluding carboxylic acids is 2. The molecule has 0 aromatic heterocycles. The van der Waals surface area contributed by atoms with Crippen molar-refractivity contribution in [3.05, 3.63) is 35.4 Å². The minimum Gasteiger partial charge on any atom is -0.359 e. The Morgan fingerprint density at radius 3 is 2.48 bits per heavy atom. The van der Waals surface area contributed by atoms with Gasteiger partial charge < -0.3 is 20.9 Å². The largest absolute Gasteiger partial charge is 0.359 e. The molecule has 29 heavy (non-hydrogen) atoms. The number of aliphatic imine (C=N–C) groups is 1. The Morgan fingerprint density at radius 1 is 1.21 bits per heavy atom. The monoisotopic (exact) mass is 515 g/mol. The highest BCUT2D eigenvalue weighted by Gasteiger charge is 2.27. The van der Waals surface area contributed by atoms with Crippen LogP contribution in [0.25, 0.3) is 0 Å². The van der Waals surface area contributed by atoms with Crippen LogP contribution in [-0.2, 0) is 22.4 Å². The van der Waals surface area contributed by atoms with Gasteiger partial charge in [-0.3, -0.25) is 9.59 Å². The summed E-state index contributed by atoms with van der Waals surface area (Å²) in [5.74, 6) is 0.451. The van der Waals surface area contributed by atoms with Crippen molar-refractivity contribution in [1.82, 2.24) is 20.9 Å². The molecule has 162 valence electrons. The first-order chi connectivity index (χ1) is 13.2. The zero-order valence-corrected chi connectivity index (χ0v) is 20.4. The van der Waals surface area contributed by atoms with Crippen molar-refractivity contribution in [3.8, 4) is 0 Å². The van der Waals surface area contributed by atoms with E-state index in [1.807, 2.05) is 13.8 Å². The molecule has 1 aliphatic carbocycles. The van der Waals surface area contributed by atoms with Gasteiger partial charge in [0.05, 0.1) is 5.41 Å². The summed E-state index contributed by atoms with van der Waals surface area (Å²) in [6.45, 7) is 4.22. The smallest absolute Gasteiger partial charge is 0.243 e. The number of hydrogen-bond acceptors (Lipinski definition) is 3. The van der Waals surface area contributed by atoms with Gasteiger partial charge in [-0.05, 0) is 44.2 Å². The van der Waals surface area contributed by atoms with E-state index in [4.69, 9.17) is 0 Å². The van der Waals surface area contributed by atoms with Crippen molar-refractivity contribution in [3.63, 3.8) is 0 Å². The Kier molecular flexibility index (Phi) is 9.88. The van der Waals surface area contributed by atoms with E-state index in [9.17, 15) is 9.59 Å². The third kappa shape index (κ3) is 7.49. The Balaban J connectivity index is 0.00000420. The number of hydrogen-bond donors (Lipinski definition) is 3. The van der Waals surface area contributed by atoms with Crippen LogP contribution in [0, 0.1) is 5.41 Å². The molecule has 1 aromatic rings. The zero-order chi connectivity index (χ0) is 20.7. The van der Waals surface area contributed by atoms with Crippen LogP contribution >= 0.6 is 24.0 Å². The average molecular weight is 515 g/mol. The van der Waals surface area contributed by atoms with Gasteiger partial charge in [-0.25, -0.2) is 4.99 Å². The highest BCUT2D eigenvalue weighted by atomic mass is 127. The van der Waals surface area contributed by atoms with Crippen LogP contribution in [0.4, 0.5) is 0 Å². The molecule has 0 saturated heterocycles. The second kappa shape index (κ2) is 11.4. The molecule has 0 aliphatic heterocycles. The van der Waals surface area contributed by atoms with Crippen LogP contribution in [-0.4, -0.2) is 62.9 Å². The highest BCUT2D eigenvalue weighted by Crippen LogP contribution is 2.21. The summed E-state index contributed by atoms with van der Waals surface area (Å²) < 4.78 is 0. The maximum atomic E-state index is 12.1. The van der Waals surface area contributed by atoms with E-state index in [2.05, 4.69) is 45.2 Å². The van der Waals surface area contributed by atoms with Gasteiger partial charge in [0.15, 0.2) is 5.96 Å². The molecule has 2 rings (SSSR count). The molecule has 1 aromatic carbocycles. The summed E-state index contributed by atoms with van der Waals surface area (Å²) in [7, 11) is 5.06. The SMILES string of the molecule is CNC(=O)C(C)(C)CNC(=NCC(=O)N(C)C)NC1CCc2ccccc2C1.I. The minimum atomic E-state index is -0.595. The summed E-state index contributed by atoms with van der Waals surface area (Å²) >= 11 is 0. The maximum Gasteiger partial charge on any atom is 0.243 e. The number of nitrogens with zero attached hydrogens (tertiary/aromatic N) is 2. The van der Waals surface area contributed by atoms with Crippen molar-refractivity contribution in [2.45, 2.75) is 39.2 Å². The van der Waals surface area contributed by atoms with E-state index in [-0.39, 0.29) is 48.4 Å². The van der Waals surface area contributed by atoms with E-state index in [1.165, 1.54) is 16.0 Å². The topological polar surface area (TPSA) is 85.8 Å². The molecular weight excluding hydrogens is 481 g/mol. The van der Waals surface area contributed by atoms with E-state index in [1.54, 1.807) is 21.1 Å². The molecule has 1 atom stereocenters. The number of nitrogens with one attached hydrogen (secondary N) is 3. The van der Waals surface area contributed by atoms with Gasteiger partial charge in [0.1, 0.15) is 6.54 Å². The first kappa shape index (κ1) is 25.2. The Bertz CT molecular complexity index is 734. The number of amides is 2. The summed E-state index contributed by atoms with van der Waals surface area (Å²) in [6.07, 6.45) is 2.93. The lowest BCUT2D eigenvalue weighted by atomic mass is 9.88. The lowest BCUT2D eigenvalue weighted by Crippen LogP contribution is -2.50. The van der Waals surface area contributed by atoms with Gasteiger partial charge in [-0.1, -0.05) is 24.3 Å². The number of guanidine groups is 1. The van der Waals surface area contributed by atoms with Gasteiger partial charge in [0, 0.05) is 33.7 Å². The van der Waals surface area contributed by atoms with Crippen LogP contribution in [0.15, 0.2) is 29.3 Å². The molecule has 0 bridgehead atoms. The zero-order valence-electron chi connectivity index (χ0n) is 18.0. The van der Waals surface area contributed by atoms with Crippen molar-refractivity contribution < 1.29 is 9.59 Å². The lowest BCUT2D eigenvalue weighted by molar-refractivity contribution is -0.128. The quantitative estimate of drug-likeness (QED) is 0.305. The molecule has 3 N–H and O–H groups in total. The number of halogens is 1. The molecule has 8 heteroatoms. The molecule has 1 unspecified atom stereocenters. The minimum absolute atomic E-state index is 0. The van der Waals surface area contributed by atoms with Crippen molar-refractivity contribution in [2.24, 2.45) is 10.4 Å². The average Bonchev–Trinajstić information content (AvgIpc) is 2.68. The molecule has 0 radical (unpaired) electrons. The second-order valence-corrected chi connectivity index (χ2v) is 8.12. The van der Waals surface area contributed by atoms with E-state index in [0.717, 1.165) is 19.3 Å². The Hall–Kier alpha value is -1.84. The molecule has 0 fully saturated rings. The predicted molar refractivity (Wildman–Crippen MR) is 128 cm³/mol. The van der Waals surface area contributed by atoms with E-state index >= 15 is 0 Å². The van der Waals surface area contributed by atoms with Crippen LogP contribution in [0.5, 0.6) is 0 Å². The van der Waals surface area contributed by atoms with Crippen LogP contribution < -0.4 is 16.0 Å². The number of aryl methyl sites for hydroxylation is 1. The molecule has 7 nitrogen and oxygen atoms in total. The van der Waals surface area contributed by atoms with E-state index in [0.29, 0.717) is 12.5 Å². The summed E-state index contributed by atoms with van der Waals surface area (Å²) in [6, 6.07) is 8.72. The number of carbonyl (C=O) groups is 2. The first-order valence-corrected chi connectivity index (χ1v) is 9.77. The lowest BCUT2D eigenvalue weighted by Gasteiger charge is -2.29. The fourth-order valence-electron chi connectivity index (χ4n) is 3.18. The van der Waals surface area contributed by atoms with E-state index < -0.39 is 5.41 Å². The number of likely N-dealkylation sites (N-methyl/N-ethyl adjacent to an activating group) is 1. The van der Waals surface area contributed by atoms with Crippen molar-refractivity contribution in [1.29, 1.82) is 0 Å². The van der Waals surface area contributed by atoms with Crippen LogP contribution in [0.2, 0.25) is 0 Å². The first-order valence-electron chi connectivity index (χ1n) is 9.77. The maximum absolute atomic E-state index is 12.1. The standard InChI is InChI=1S/C21H33N5O2.HI/c1-21(2,19(28)22-3)14-24-20(23-13-18(27)26(4)5)25-17-11-10-15-8-6-7-9-16(15)12-17;/h6-9,17H,10-14H2,1-5H3,(H,22,28)(H2,23,24,25);1H. The predicted octanol–water partition coefficient (Wildman–Crippen LogP) is 1.56. The van der Waals surface area contributed by atoms with Gasteiger partial charge in [0.2, 0.25) is 11.8 Å². The molecule has 0 heterocycles. The Labute approximate surface area is 191 Å². The van der Waals surface area contributed by atoms with Crippen molar-refractivity contribution in [2.75, 3.05) is 34.2 Å². The fraction of sp³-hybridized carbons (Fsp3) is 0.571. The summed E-state index contributed by atoms with van der Waals surface area (Å²) in [5, 5.41) is 9.39. The van der Waals surface area contributed by atoms with Crippen molar-refractivity contribution >= 4 is 41.8 Å². The number of benzene rings is 1. The molecule has 1 aliphatic rings. The van der Waals surface area contributed by atoms with Crippen LogP contribution in [0.1, 0.15) is 31.4 Å². The molecule has 0 saturated carbocycles. The third-order valence-electron chi connectivity index (χ3n) is 5.10. The molecular formula is C21H34IN5O2. The Morgan fingerprint density at radius 2 is 1.86 bits per heavy atom. The summed E-state index contributed by atoms with van der Waals surface area (Å²) in [4.78, 5) is 30.0. The van der Waals surface area contributed by atoms with Gasteiger partial charge in [-0.2, -0.15) is 0 Å². The van der Waals surface area contributed by atoms with Gasteiger partial charge in [-0.15, -0.1) is 24.0 Å². The van der Waals surface area contributed by atoms with Gasteiger partial charge in [0.25, 0.3) is 0 Å². The highest BCUT2D eigenvalue weighted by molar-refractivity contribution is 14.0. The third-order valence-corrected chi connectivity index (χ3v) is 5.10. The van der Waals surface area contributed by atoms with Crippen LogP contribution in [0.3, 0.4) is 0 Å². The number of fused-ring (bicyclic) bond motifs is 1. The fourth-order valence-corrected chi connectivity index (χ4v) is 3.18. The molecule has 2 amide bonds.